The summed E-state index contributed by atoms with van der Waals surface area (Å²) < 4.78 is 5.52. The van der Waals surface area contributed by atoms with Crippen molar-refractivity contribution >= 4 is 11.9 Å². The van der Waals surface area contributed by atoms with Crippen molar-refractivity contribution in [2.24, 2.45) is 0 Å². The molecule has 0 saturated heterocycles. The summed E-state index contributed by atoms with van der Waals surface area (Å²) in [5.41, 5.74) is 0. The number of allylic oxidation sites excluding steroid dienone is 3. The number of aliphatic hydroxyl groups excluding tert-OH is 2. The first-order valence-corrected chi connectivity index (χ1v) is 43.6. The molecule has 0 saturated carbocycles. The van der Waals surface area contributed by atoms with E-state index in [4.69, 9.17) is 4.74 Å². The summed E-state index contributed by atoms with van der Waals surface area (Å²) >= 11 is 0. The Morgan fingerprint density at radius 3 is 0.755 bits per heavy atom. The molecule has 0 aromatic heterocycles. The van der Waals surface area contributed by atoms with E-state index in [1.54, 1.807) is 6.08 Å². The van der Waals surface area contributed by atoms with Crippen LogP contribution in [0.15, 0.2) is 24.3 Å². The number of hydrogen-bond acceptors (Lipinski definition) is 5. The predicted molar refractivity (Wildman–Crippen MR) is 417 cm³/mol. The van der Waals surface area contributed by atoms with E-state index in [2.05, 4.69) is 31.3 Å². The Hall–Kier alpha value is -1.66. The molecule has 3 N–H and O–H groups in total. The van der Waals surface area contributed by atoms with Crippen LogP contribution in [0, 0.1) is 0 Å². The zero-order chi connectivity index (χ0) is 67.7. The van der Waals surface area contributed by atoms with Crippen LogP contribution in [-0.4, -0.2) is 47.4 Å². The Balaban J connectivity index is 3.31. The molecule has 0 aliphatic carbocycles. The Morgan fingerprint density at radius 1 is 0.287 bits per heavy atom. The number of aliphatic hydroxyl groups is 2. The van der Waals surface area contributed by atoms with Gasteiger partial charge in [-0.25, -0.2) is 0 Å². The van der Waals surface area contributed by atoms with E-state index in [0.29, 0.717) is 19.4 Å². The van der Waals surface area contributed by atoms with E-state index in [-0.39, 0.29) is 18.5 Å². The molecule has 2 unspecified atom stereocenters. The molecule has 0 aromatic rings. The molecule has 0 fully saturated rings. The van der Waals surface area contributed by atoms with Crippen LogP contribution in [0.5, 0.6) is 0 Å². The van der Waals surface area contributed by atoms with E-state index < -0.39 is 12.1 Å². The molecule has 0 bridgehead atoms. The minimum Gasteiger partial charge on any atom is -0.466 e. The van der Waals surface area contributed by atoms with Crippen LogP contribution in [0.3, 0.4) is 0 Å². The Morgan fingerprint density at radius 2 is 0.500 bits per heavy atom. The van der Waals surface area contributed by atoms with Gasteiger partial charge in [-0.15, -0.1) is 0 Å². The molecular formula is C88H171NO5. The highest BCUT2D eigenvalue weighted by Crippen LogP contribution is 2.21. The standard InChI is InChI=1S/C88H171NO5/c1-3-5-7-9-11-13-15-17-19-21-23-41-45-48-52-56-60-64-68-72-76-80-86(91)85(84-90)89-87(92)81-77-73-69-65-61-57-53-49-46-42-39-37-35-33-31-29-27-25-24-26-28-30-32-34-36-38-40-43-47-51-55-59-63-67-71-75-79-83-94-88(93)82-78-74-70-66-62-58-54-50-44-22-20-18-16-14-12-10-8-6-4-2/h18,20,76,80,85-86,90-91H,3-17,19,21-75,77-79,81-84H2,1-2H3,(H,89,92)/b20-18-,80-76+. The van der Waals surface area contributed by atoms with Crippen LogP contribution in [0.2, 0.25) is 0 Å². The molecule has 1 amide bonds. The first-order valence-electron chi connectivity index (χ1n) is 43.6. The molecule has 2 atom stereocenters. The maximum Gasteiger partial charge on any atom is 0.305 e. The van der Waals surface area contributed by atoms with Gasteiger partial charge in [0.25, 0.3) is 0 Å². The summed E-state index contributed by atoms with van der Waals surface area (Å²) in [6.45, 7) is 4.96. The number of hydrogen-bond donors (Lipinski definition) is 3. The number of carbonyl (C=O) groups excluding carboxylic acids is 2. The van der Waals surface area contributed by atoms with E-state index in [9.17, 15) is 19.8 Å². The average Bonchev–Trinajstić information content (AvgIpc) is 3.66. The van der Waals surface area contributed by atoms with Gasteiger partial charge in [0.1, 0.15) is 0 Å². The monoisotopic (exact) mass is 1320 g/mol. The van der Waals surface area contributed by atoms with Gasteiger partial charge in [0.15, 0.2) is 0 Å². The highest BCUT2D eigenvalue weighted by molar-refractivity contribution is 5.76. The molecule has 6 heteroatoms. The van der Waals surface area contributed by atoms with Gasteiger partial charge in [0.05, 0.1) is 25.4 Å². The third-order valence-electron chi connectivity index (χ3n) is 20.7. The number of unbranched alkanes of at least 4 members (excludes halogenated alkanes) is 70. The van der Waals surface area contributed by atoms with Crippen molar-refractivity contribution in [3.05, 3.63) is 24.3 Å². The molecule has 94 heavy (non-hydrogen) atoms. The van der Waals surface area contributed by atoms with Crippen LogP contribution in [0.1, 0.15) is 502 Å². The minimum atomic E-state index is -0.841. The predicted octanol–water partition coefficient (Wildman–Crippen LogP) is 29.2. The minimum absolute atomic E-state index is 0.0240. The van der Waals surface area contributed by atoms with E-state index in [1.807, 2.05) is 6.08 Å². The summed E-state index contributed by atoms with van der Waals surface area (Å²) in [5, 5.41) is 23.3. The Kier molecular flexibility index (Phi) is 82.3. The normalized spacial score (nSPS) is 12.5. The number of nitrogens with one attached hydrogen (secondary N) is 1. The van der Waals surface area contributed by atoms with Gasteiger partial charge < -0.3 is 20.3 Å². The lowest BCUT2D eigenvalue weighted by Gasteiger charge is -2.20. The summed E-state index contributed by atoms with van der Waals surface area (Å²) in [6, 6.07) is -0.624. The third kappa shape index (κ3) is 79.3. The van der Waals surface area contributed by atoms with Crippen molar-refractivity contribution in [1.82, 2.24) is 5.32 Å². The van der Waals surface area contributed by atoms with Gasteiger partial charge in [-0.05, 0) is 57.8 Å². The van der Waals surface area contributed by atoms with Gasteiger partial charge in [-0.2, -0.15) is 0 Å². The van der Waals surface area contributed by atoms with E-state index in [1.165, 1.54) is 437 Å². The van der Waals surface area contributed by atoms with Crippen molar-refractivity contribution in [2.45, 2.75) is 514 Å². The van der Waals surface area contributed by atoms with E-state index >= 15 is 0 Å². The lowest BCUT2D eigenvalue weighted by atomic mass is 10.0. The van der Waals surface area contributed by atoms with Crippen LogP contribution in [-0.2, 0) is 14.3 Å². The highest BCUT2D eigenvalue weighted by atomic mass is 16.5. The van der Waals surface area contributed by atoms with Gasteiger partial charge in [0.2, 0.25) is 5.91 Å². The van der Waals surface area contributed by atoms with Crippen LogP contribution in [0.4, 0.5) is 0 Å². The second-order valence-electron chi connectivity index (χ2n) is 30.2. The quantitative estimate of drug-likeness (QED) is 0.0320. The molecular weight excluding hydrogens is 1150 g/mol. The van der Waals surface area contributed by atoms with Crippen molar-refractivity contribution in [3.63, 3.8) is 0 Å². The van der Waals surface area contributed by atoms with Crippen molar-refractivity contribution in [1.29, 1.82) is 0 Å². The molecule has 0 aliphatic rings. The fourth-order valence-electron chi connectivity index (χ4n) is 14.1. The molecule has 0 aliphatic heterocycles. The van der Waals surface area contributed by atoms with Crippen molar-refractivity contribution < 1.29 is 24.5 Å². The summed E-state index contributed by atoms with van der Waals surface area (Å²) in [6.07, 6.45) is 109. The fraction of sp³-hybridized carbons (Fsp3) is 0.932. The summed E-state index contributed by atoms with van der Waals surface area (Å²) in [7, 11) is 0. The Bertz CT molecular complexity index is 1480. The van der Waals surface area contributed by atoms with Gasteiger partial charge in [-0.3, -0.25) is 9.59 Å². The lowest BCUT2D eigenvalue weighted by Crippen LogP contribution is -2.45. The number of esters is 1. The first kappa shape index (κ1) is 92.3. The van der Waals surface area contributed by atoms with Gasteiger partial charge in [0, 0.05) is 12.8 Å². The summed E-state index contributed by atoms with van der Waals surface area (Å²) in [5.74, 6) is -0.0329. The number of ether oxygens (including phenoxy) is 1. The highest BCUT2D eigenvalue weighted by Gasteiger charge is 2.18. The number of amides is 1. The first-order chi connectivity index (χ1) is 46.5. The third-order valence-corrected chi connectivity index (χ3v) is 20.7. The largest absolute Gasteiger partial charge is 0.466 e. The van der Waals surface area contributed by atoms with Crippen LogP contribution >= 0.6 is 0 Å². The van der Waals surface area contributed by atoms with Gasteiger partial charge in [-0.1, -0.05) is 456 Å². The maximum atomic E-state index is 12.6. The molecule has 0 rings (SSSR count). The molecule has 0 aromatic carbocycles. The zero-order valence-electron chi connectivity index (χ0n) is 64.2. The SMILES string of the molecule is CCCCCCCC/C=C\CCCCCCCCCCCC(=O)OCCCCCCCCCCCCCCCCCCCCCCCCCCCCCCCCCCCCCCCC(=O)NC(CO)C(O)/C=C/CCCCCCCCCCCCCCCCCCCCC. The summed E-state index contributed by atoms with van der Waals surface area (Å²) in [4.78, 5) is 24.7. The molecule has 0 heterocycles. The zero-order valence-corrected chi connectivity index (χ0v) is 64.2. The van der Waals surface area contributed by atoms with Crippen LogP contribution in [0.25, 0.3) is 0 Å². The molecule has 558 valence electrons. The van der Waals surface area contributed by atoms with Crippen molar-refractivity contribution in [3.8, 4) is 0 Å². The maximum absolute atomic E-state index is 12.6. The number of rotatable bonds is 83. The van der Waals surface area contributed by atoms with Crippen LogP contribution < -0.4 is 5.32 Å². The number of carbonyl (C=O) groups is 2. The lowest BCUT2D eigenvalue weighted by molar-refractivity contribution is -0.143. The second-order valence-corrected chi connectivity index (χ2v) is 30.2. The Labute approximate surface area is 590 Å². The topological polar surface area (TPSA) is 95.9 Å². The van der Waals surface area contributed by atoms with Crippen molar-refractivity contribution in [2.75, 3.05) is 13.2 Å². The smallest absolute Gasteiger partial charge is 0.305 e. The molecule has 6 nitrogen and oxygen atoms in total. The fourth-order valence-corrected chi connectivity index (χ4v) is 14.1. The van der Waals surface area contributed by atoms with E-state index in [0.717, 1.165) is 38.5 Å². The average molecular weight is 1320 g/mol. The molecule has 0 spiro atoms. The second kappa shape index (κ2) is 83.8. The molecule has 0 radical (unpaired) electrons. The van der Waals surface area contributed by atoms with Gasteiger partial charge >= 0.3 is 5.97 Å².